The van der Waals surface area contributed by atoms with Crippen molar-refractivity contribution >= 4 is 0 Å². The number of rotatable bonds is 5. The number of nitrogens with zero attached hydrogens (tertiary/aromatic N) is 2. The van der Waals surface area contributed by atoms with E-state index in [1.165, 1.54) is 19.4 Å². The molecule has 0 saturated carbocycles. The van der Waals surface area contributed by atoms with Gasteiger partial charge in [-0.15, -0.1) is 0 Å². The maximum atomic E-state index is 3.26. The first-order valence-electron chi connectivity index (χ1n) is 4.79. The van der Waals surface area contributed by atoms with E-state index in [-0.39, 0.29) is 0 Å². The van der Waals surface area contributed by atoms with Gasteiger partial charge in [0.05, 0.1) is 0 Å². The Bertz CT molecular complexity index is 145. The Balaban J connectivity index is 2.14. The number of unbranched alkanes of at least 4 members (excludes halogenated alkanes) is 1. The Morgan fingerprint density at radius 2 is 2.17 bits per heavy atom. The zero-order valence-electron chi connectivity index (χ0n) is 8.08. The van der Waals surface area contributed by atoms with Crippen LogP contribution in [0.3, 0.4) is 0 Å². The fourth-order valence-corrected chi connectivity index (χ4v) is 1.28. The van der Waals surface area contributed by atoms with E-state index < -0.39 is 0 Å². The summed E-state index contributed by atoms with van der Waals surface area (Å²) in [5.41, 5.74) is 3.26. The first-order valence-corrected chi connectivity index (χ1v) is 4.79. The molecular weight excluding hydrogens is 150 g/mol. The molecule has 12 heavy (non-hydrogen) atoms. The van der Waals surface area contributed by atoms with E-state index in [0.29, 0.717) is 0 Å². The maximum Gasteiger partial charge on any atom is 0.104 e. The molecule has 0 aromatic carbocycles. The van der Waals surface area contributed by atoms with Gasteiger partial charge in [0, 0.05) is 25.5 Å². The molecule has 0 bridgehead atoms. The molecule has 0 atom stereocenters. The van der Waals surface area contributed by atoms with Crippen LogP contribution in [0, 0.1) is 0 Å². The van der Waals surface area contributed by atoms with Crippen molar-refractivity contribution < 1.29 is 0 Å². The van der Waals surface area contributed by atoms with Crippen LogP contribution in [0.1, 0.15) is 26.7 Å². The summed E-state index contributed by atoms with van der Waals surface area (Å²) in [6, 6.07) is 0. The highest BCUT2D eigenvalue weighted by Crippen LogP contribution is 2.04. The van der Waals surface area contributed by atoms with Crippen LogP contribution in [0.4, 0.5) is 0 Å². The summed E-state index contributed by atoms with van der Waals surface area (Å²) < 4.78 is 0. The summed E-state index contributed by atoms with van der Waals surface area (Å²) in [5.74, 6) is 0. The summed E-state index contributed by atoms with van der Waals surface area (Å²) in [6.45, 7) is 7.50. The van der Waals surface area contributed by atoms with Crippen molar-refractivity contribution in [2.75, 3.05) is 19.8 Å². The van der Waals surface area contributed by atoms with Crippen molar-refractivity contribution in [2.24, 2.45) is 0 Å². The van der Waals surface area contributed by atoms with Crippen molar-refractivity contribution in [3.63, 3.8) is 0 Å². The molecule has 0 aromatic rings. The molecule has 3 nitrogen and oxygen atoms in total. The van der Waals surface area contributed by atoms with E-state index in [9.17, 15) is 0 Å². The number of hydrogen-bond donors (Lipinski definition) is 1. The van der Waals surface area contributed by atoms with Crippen LogP contribution in [0.15, 0.2) is 12.4 Å². The molecule has 1 aliphatic heterocycles. The van der Waals surface area contributed by atoms with Crippen LogP contribution in [0.25, 0.3) is 0 Å². The van der Waals surface area contributed by atoms with Gasteiger partial charge in [0.25, 0.3) is 0 Å². The summed E-state index contributed by atoms with van der Waals surface area (Å²) >= 11 is 0. The first-order chi connectivity index (χ1) is 5.86. The molecule has 0 aliphatic carbocycles. The predicted molar refractivity (Wildman–Crippen MR) is 51.1 cm³/mol. The molecule has 0 radical (unpaired) electrons. The Hall–Kier alpha value is -0.700. The molecule has 1 rings (SSSR count). The lowest BCUT2D eigenvalue weighted by atomic mass is 10.3. The second kappa shape index (κ2) is 5.04. The van der Waals surface area contributed by atoms with E-state index in [0.717, 1.165) is 13.2 Å². The van der Waals surface area contributed by atoms with Gasteiger partial charge in [-0.1, -0.05) is 20.3 Å². The first kappa shape index (κ1) is 9.39. The number of hydrazine groups is 1. The van der Waals surface area contributed by atoms with E-state index in [4.69, 9.17) is 0 Å². The zero-order chi connectivity index (χ0) is 8.81. The van der Waals surface area contributed by atoms with Gasteiger partial charge in [-0.25, -0.2) is 5.43 Å². The van der Waals surface area contributed by atoms with E-state index in [1.807, 2.05) is 0 Å². The average molecular weight is 169 g/mol. The average Bonchev–Trinajstić information content (AvgIpc) is 2.50. The van der Waals surface area contributed by atoms with E-state index in [2.05, 4.69) is 41.6 Å². The van der Waals surface area contributed by atoms with Crippen LogP contribution in [0.5, 0.6) is 0 Å². The van der Waals surface area contributed by atoms with Crippen molar-refractivity contribution in [1.82, 2.24) is 15.3 Å². The molecule has 0 fully saturated rings. The maximum absolute atomic E-state index is 3.26. The van der Waals surface area contributed by atoms with Crippen molar-refractivity contribution in [3.05, 3.63) is 12.4 Å². The minimum absolute atomic E-state index is 0.992. The number of nitrogens with one attached hydrogen (secondary N) is 1. The van der Waals surface area contributed by atoms with Crippen LogP contribution in [-0.2, 0) is 0 Å². The minimum Gasteiger partial charge on any atom is -0.357 e. The topological polar surface area (TPSA) is 18.5 Å². The van der Waals surface area contributed by atoms with Gasteiger partial charge < -0.3 is 4.90 Å². The van der Waals surface area contributed by atoms with Gasteiger partial charge >= 0.3 is 0 Å². The zero-order valence-corrected chi connectivity index (χ0v) is 8.08. The molecule has 0 saturated heterocycles. The molecule has 0 amide bonds. The highest BCUT2D eigenvalue weighted by atomic mass is 15.6. The second-order valence-electron chi connectivity index (χ2n) is 3.09. The summed E-state index contributed by atoms with van der Waals surface area (Å²) in [6.07, 6.45) is 6.80. The van der Waals surface area contributed by atoms with Crippen LogP contribution >= 0.6 is 0 Å². The van der Waals surface area contributed by atoms with E-state index >= 15 is 0 Å². The predicted octanol–water partition coefficient (Wildman–Crippen LogP) is 1.36. The van der Waals surface area contributed by atoms with E-state index in [1.54, 1.807) is 0 Å². The second-order valence-corrected chi connectivity index (χ2v) is 3.09. The third-order valence-corrected chi connectivity index (χ3v) is 1.95. The lowest BCUT2D eigenvalue weighted by molar-refractivity contribution is 0.207. The smallest absolute Gasteiger partial charge is 0.104 e. The molecular formula is C9H19N3. The van der Waals surface area contributed by atoms with Gasteiger partial charge in [-0.2, -0.15) is 0 Å². The molecule has 3 heteroatoms. The summed E-state index contributed by atoms with van der Waals surface area (Å²) in [5, 5.41) is 2.12. The van der Waals surface area contributed by atoms with Gasteiger partial charge in [0.1, 0.15) is 6.67 Å². The van der Waals surface area contributed by atoms with Crippen molar-refractivity contribution in [1.29, 1.82) is 0 Å². The largest absolute Gasteiger partial charge is 0.357 e. The molecule has 0 spiro atoms. The molecule has 0 aromatic heterocycles. The quantitative estimate of drug-likeness (QED) is 0.670. The fraction of sp³-hybridized carbons (Fsp3) is 0.778. The molecule has 1 heterocycles. The van der Waals surface area contributed by atoms with Crippen LogP contribution in [0.2, 0.25) is 0 Å². The Kier molecular flexibility index (Phi) is 3.94. The third-order valence-electron chi connectivity index (χ3n) is 1.95. The Morgan fingerprint density at radius 3 is 2.83 bits per heavy atom. The highest BCUT2D eigenvalue weighted by Gasteiger charge is 2.09. The summed E-state index contributed by atoms with van der Waals surface area (Å²) in [4.78, 5) is 2.33. The number of hydrogen-bond acceptors (Lipinski definition) is 3. The SMILES string of the molecule is CCCCN1C=CN(NCC)C1. The highest BCUT2D eigenvalue weighted by molar-refractivity contribution is 4.88. The Morgan fingerprint density at radius 1 is 1.33 bits per heavy atom. The minimum atomic E-state index is 0.992. The lowest BCUT2D eigenvalue weighted by Gasteiger charge is -2.20. The Labute approximate surface area is 75.0 Å². The monoisotopic (exact) mass is 169 g/mol. The standard InChI is InChI=1S/C9H19N3/c1-3-5-6-11-7-8-12(9-11)10-4-2/h7-8,10H,3-6,9H2,1-2H3. The molecule has 0 unspecified atom stereocenters. The van der Waals surface area contributed by atoms with Gasteiger partial charge in [-0.05, 0) is 6.42 Å². The van der Waals surface area contributed by atoms with Gasteiger partial charge in [0.2, 0.25) is 0 Å². The third kappa shape index (κ3) is 2.74. The van der Waals surface area contributed by atoms with Crippen molar-refractivity contribution in [3.8, 4) is 0 Å². The van der Waals surface area contributed by atoms with Crippen LogP contribution in [-0.4, -0.2) is 29.7 Å². The van der Waals surface area contributed by atoms with Crippen LogP contribution < -0.4 is 5.43 Å². The van der Waals surface area contributed by atoms with Crippen molar-refractivity contribution in [2.45, 2.75) is 26.7 Å². The normalized spacial score (nSPS) is 16.2. The lowest BCUT2D eigenvalue weighted by Crippen LogP contribution is -2.36. The molecule has 1 aliphatic rings. The molecule has 1 N–H and O–H groups in total. The summed E-state index contributed by atoms with van der Waals surface area (Å²) in [7, 11) is 0. The van der Waals surface area contributed by atoms with Gasteiger partial charge in [-0.3, -0.25) is 5.01 Å². The molecule has 70 valence electrons. The fourth-order valence-electron chi connectivity index (χ4n) is 1.28. The van der Waals surface area contributed by atoms with Gasteiger partial charge in [0.15, 0.2) is 0 Å².